The number of nitrogens with zero attached hydrogens (tertiary/aromatic N) is 5. The summed E-state index contributed by atoms with van der Waals surface area (Å²) in [5.74, 6) is 3.42. The molecule has 10 rings (SSSR count). The van der Waals surface area contributed by atoms with E-state index in [1.165, 1.54) is 0 Å². The van der Waals surface area contributed by atoms with Crippen LogP contribution in [-0.2, 0) is 0 Å². The smallest absolute Gasteiger partial charge is 0.151 e. The minimum Gasteiger partial charge on any atom is -0.453 e. The molecule has 1 aliphatic heterocycles. The van der Waals surface area contributed by atoms with Crippen LogP contribution in [0.2, 0.25) is 0 Å². The molecule has 0 bridgehead atoms. The van der Waals surface area contributed by atoms with E-state index in [1.807, 2.05) is 54.6 Å². The molecule has 236 valence electrons. The Labute approximate surface area is 288 Å². The van der Waals surface area contributed by atoms with Crippen molar-refractivity contribution < 1.29 is 4.74 Å². The summed E-state index contributed by atoms with van der Waals surface area (Å²) in [6, 6.07) is 60.5. The van der Waals surface area contributed by atoms with E-state index in [-0.39, 0.29) is 0 Å². The van der Waals surface area contributed by atoms with E-state index in [0.717, 1.165) is 84.8 Å². The van der Waals surface area contributed by atoms with Gasteiger partial charge in [0.1, 0.15) is 11.6 Å². The largest absolute Gasteiger partial charge is 0.453 e. The number of para-hydroxylation sites is 6. The zero-order valence-electron chi connectivity index (χ0n) is 26.9. The van der Waals surface area contributed by atoms with Crippen molar-refractivity contribution in [2.75, 3.05) is 4.90 Å². The SMILES string of the molecule is c1ccc(-c2nc3cc4c(cc3n2-c2ccccc2)nc(-c2ccc(N3c5ccccc5Oc5ccccc53)cc2)n4-c2ccccc2)cc1. The highest BCUT2D eigenvalue weighted by atomic mass is 16.5. The number of hydrogen-bond donors (Lipinski definition) is 0. The summed E-state index contributed by atoms with van der Waals surface area (Å²) < 4.78 is 10.7. The van der Waals surface area contributed by atoms with Gasteiger partial charge < -0.3 is 9.64 Å². The van der Waals surface area contributed by atoms with Gasteiger partial charge in [-0.1, -0.05) is 91.0 Å². The van der Waals surface area contributed by atoms with E-state index < -0.39 is 0 Å². The molecular formula is C44H29N5O. The zero-order valence-corrected chi connectivity index (χ0v) is 26.9. The quantitative estimate of drug-likeness (QED) is 0.187. The lowest BCUT2D eigenvalue weighted by Crippen LogP contribution is -2.15. The fourth-order valence-electron chi connectivity index (χ4n) is 7.04. The number of ether oxygens (including phenoxy) is 1. The molecule has 7 aromatic carbocycles. The first-order valence-corrected chi connectivity index (χ1v) is 16.7. The van der Waals surface area contributed by atoms with Crippen LogP contribution in [0.3, 0.4) is 0 Å². The molecule has 6 nitrogen and oxygen atoms in total. The van der Waals surface area contributed by atoms with Crippen molar-refractivity contribution in [2.24, 2.45) is 0 Å². The van der Waals surface area contributed by atoms with E-state index in [1.54, 1.807) is 0 Å². The molecule has 6 heteroatoms. The van der Waals surface area contributed by atoms with Gasteiger partial charge in [0.25, 0.3) is 0 Å². The van der Waals surface area contributed by atoms with Crippen molar-refractivity contribution in [1.82, 2.24) is 19.1 Å². The highest BCUT2D eigenvalue weighted by Crippen LogP contribution is 2.50. The average molecular weight is 644 g/mol. The van der Waals surface area contributed by atoms with Crippen LogP contribution >= 0.6 is 0 Å². The Kier molecular flexibility index (Phi) is 6.39. The van der Waals surface area contributed by atoms with Crippen LogP contribution in [0.1, 0.15) is 0 Å². The Morgan fingerprint density at radius 3 is 1.30 bits per heavy atom. The molecule has 0 N–H and O–H groups in total. The standard InChI is InChI=1S/C44H29N5O/c1-4-14-30(15-5-1)43-45-35-28-40-36(29-39(35)48(43)32-16-6-2-7-17-32)46-44(49(40)33-18-8-3-9-19-33)31-24-26-34(27-25-31)47-37-20-10-12-22-41(37)50-42-23-13-11-21-38(42)47/h1-29H. The second kappa shape index (κ2) is 11.4. The van der Waals surface area contributed by atoms with Crippen LogP contribution in [0, 0.1) is 0 Å². The lowest BCUT2D eigenvalue weighted by Gasteiger charge is -2.32. The van der Waals surface area contributed by atoms with Gasteiger partial charge in [0.2, 0.25) is 0 Å². The average Bonchev–Trinajstić information content (AvgIpc) is 3.75. The predicted molar refractivity (Wildman–Crippen MR) is 201 cm³/mol. The maximum Gasteiger partial charge on any atom is 0.151 e. The van der Waals surface area contributed by atoms with Gasteiger partial charge in [-0.15, -0.1) is 0 Å². The van der Waals surface area contributed by atoms with Gasteiger partial charge in [-0.05, 0) is 84.9 Å². The number of benzene rings is 7. The number of rotatable bonds is 5. The third kappa shape index (κ3) is 4.50. The first kappa shape index (κ1) is 28.1. The van der Waals surface area contributed by atoms with Gasteiger partial charge >= 0.3 is 0 Å². The molecule has 0 spiro atoms. The van der Waals surface area contributed by atoms with E-state index >= 15 is 0 Å². The summed E-state index contributed by atoms with van der Waals surface area (Å²) in [6.45, 7) is 0. The molecule has 2 aromatic heterocycles. The molecule has 0 fully saturated rings. The Morgan fingerprint density at radius 1 is 0.380 bits per heavy atom. The third-order valence-electron chi connectivity index (χ3n) is 9.31. The molecule has 0 radical (unpaired) electrons. The van der Waals surface area contributed by atoms with Gasteiger partial charge in [-0.25, -0.2) is 9.97 Å². The number of fused-ring (bicyclic) bond motifs is 4. The van der Waals surface area contributed by atoms with Crippen LogP contribution in [0.25, 0.3) is 56.2 Å². The summed E-state index contributed by atoms with van der Waals surface area (Å²) in [4.78, 5) is 12.8. The van der Waals surface area contributed by atoms with Crippen LogP contribution < -0.4 is 9.64 Å². The summed E-state index contributed by atoms with van der Waals surface area (Å²) in [5.41, 5.74) is 11.0. The van der Waals surface area contributed by atoms with Gasteiger partial charge in [-0.3, -0.25) is 9.13 Å². The second-order valence-electron chi connectivity index (χ2n) is 12.3. The first-order chi connectivity index (χ1) is 24.8. The van der Waals surface area contributed by atoms with Crippen molar-refractivity contribution in [1.29, 1.82) is 0 Å². The van der Waals surface area contributed by atoms with Crippen LogP contribution in [0.5, 0.6) is 11.5 Å². The van der Waals surface area contributed by atoms with E-state index in [0.29, 0.717) is 0 Å². The Hall–Kier alpha value is -6.92. The highest BCUT2D eigenvalue weighted by Gasteiger charge is 2.26. The van der Waals surface area contributed by atoms with E-state index in [2.05, 4.69) is 135 Å². The topological polar surface area (TPSA) is 48.1 Å². The fourth-order valence-corrected chi connectivity index (χ4v) is 7.04. The van der Waals surface area contributed by atoms with Crippen LogP contribution in [-0.4, -0.2) is 19.1 Å². The molecule has 0 aliphatic carbocycles. The molecule has 1 aliphatic rings. The highest BCUT2D eigenvalue weighted by molar-refractivity contribution is 5.97. The Bertz CT molecular complexity index is 2620. The number of aromatic nitrogens is 4. The fraction of sp³-hybridized carbons (Fsp3) is 0. The van der Waals surface area contributed by atoms with Gasteiger partial charge in [-0.2, -0.15) is 0 Å². The van der Waals surface area contributed by atoms with Crippen molar-refractivity contribution >= 4 is 39.1 Å². The second-order valence-corrected chi connectivity index (χ2v) is 12.3. The predicted octanol–water partition coefficient (Wildman–Crippen LogP) is 11.3. The maximum atomic E-state index is 6.25. The Morgan fingerprint density at radius 2 is 0.800 bits per heavy atom. The minimum absolute atomic E-state index is 0.830. The zero-order chi connectivity index (χ0) is 33.0. The summed E-state index contributed by atoms with van der Waals surface area (Å²) in [6.07, 6.45) is 0. The third-order valence-corrected chi connectivity index (χ3v) is 9.31. The molecule has 50 heavy (non-hydrogen) atoms. The molecule has 9 aromatic rings. The molecule has 0 amide bonds. The lowest BCUT2D eigenvalue weighted by molar-refractivity contribution is 0.477. The number of hydrogen-bond acceptors (Lipinski definition) is 4. The maximum absolute atomic E-state index is 6.25. The monoisotopic (exact) mass is 643 g/mol. The molecule has 0 saturated heterocycles. The van der Waals surface area contributed by atoms with Gasteiger partial charge in [0.05, 0.1) is 33.4 Å². The van der Waals surface area contributed by atoms with Crippen molar-refractivity contribution in [2.45, 2.75) is 0 Å². The Balaban J connectivity index is 1.16. The minimum atomic E-state index is 0.830. The summed E-state index contributed by atoms with van der Waals surface area (Å²) in [7, 11) is 0. The van der Waals surface area contributed by atoms with Crippen molar-refractivity contribution in [3.8, 4) is 45.6 Å². The molecule has 0 atom stereocenters. The molecule has 0 unspecified atom stereocenters. The number of imidazole rings is 2. The first-order valence-electron chi connectivity index (χ1n) is 16.7. The lowest BCUT2D eigenvalue weighted by atomic mass is 10.1. The molecule has 0 saturated carbocycles. The summed E-state index contributed by atoms with van der Waals surface area (Å²) in [5, 5.41) is 0. The van der Waals surface area contributed by atoms with Gasteiger partial charge in [0, 0.05) is 28.2 Å². The van der Waals surface area contributed by atoms with E-state index in [9.17, 15) is 0 Å². The van der Waals surface area contributed by atoms with Crippen molar-refractivity contribution in [3.05, 3.63) is 176 Å². The number of anilines is 3. The normalized spacial score (nSPS) is 12.1. The van der Waals surface area contributed by atoms with Crippen LogP contribution in [0.15, 0.2) is 176 Å². The van der Waals surface area contributed by atoms with E-state index in [4.69, 9.17) is 14.7 Å². The van der Waals surface area contributed by atoms with Gasteiger partial charge in [0.15, 0.2) is 11.5 Å². The van der Waals surface area contributed by atoms with Crippen molar-refractivity contribution in [3.63, 3.8) is 0 Å². The summed E-state index contributed by atoms with van der Waals surface area (Å²) >= 11 is 0. The molecule has 3 heterocycles. The molecular weight excluding hydrogens is 615 g/mol. The van der Waals surface area contributed by atoms with Crippen LogP contribution in [0.4, 0.5) is 17.1 Å².